The number of benzene rings is 4. The van der Waals surface area contributed by atoms with E-state index in [1.807, 2.05) is 6.92 Å². The predicted octanol–water partition coefficient (Wildman–Crippen LogP) is 4.46. The molecule has 4 aromatic rings. The molecule has 0 saturated heterocycles. The summed E-state index contributed by atoms with van der Waals surface area (Å²) >= 11 is 0. The molecule has 2 N–H and O–H groups in total. The lowest BCUT2D eigenvalue weighted by Gasteiger charge is -2.23. The number of sulfonamides is 1. The predicted molar refractivity (Wildman–Crippen MR) is 168 cm³/mol. The Morgan fingerprint density at radius 3 is 2.05 bits per heavy atom. The summed E-state index contributed by atoms with van der Waals surface area (Å²) in [5, 5.41) is 6.70. The van der Waals surface area contributed by atoms with E-state index in [-0.39, 0.29) is 17.4 Å². The molecule has 0 atom stereocenters. The summed E-state index contributed by atoms with van der Waals surface area (Å²) in [6.45, 7) is 1.60. The maximum absolute atomic E-state index is 13.5. The number of hydrogen-bond donors (Lipinski definition) is 2. The number of nitrogens with one attached hydrogen (secondary N) is 2. The second-order valence-corrected chi connectivity index (χ2v) is 11.0. The molecule has 0 radical (unpaired) electrons. The van der Waals surface area contributed by atoms with Crippen molar-refractivity contribution in [2.45, 2.75) is 11.8 Å². The summed E-state index contributed by atoms with van der Waals surface area (Å²) in [6, 6.07) is 28.0. The SMILES string of the molecule is CCOc1ccc(S(=O)(=O)N(CC(=O)N/N=C/c2ccc(OCC(=O)Nc3ccc(OC)cc3)cc2)c2ccccc2)cc1. The van der Waals surface area contributed by atoms with Gasteiger partial charge in [0.15, 0.2) is 6.61 Å². The van der Waals surface area contributed by atoms with Crippen molar-refractivity contribution in [1.29, 1.82) is 0 Å². The first-order valence-electron chi connectivity index (χ1n) is 13.6. The number of ether oxygens (including phenoxy) is 3. The Hall–Kier alpha value is -5.36. The Kier molecular flexibility index (Phi) is 10.9. The molecule has 4 aromatic carbocycles. The van der Waals surface area contributed by atoms with E-state index in [0.29, 0.717) is 40.8 Å². The van der Waals surface area contributed by atoms with E-state index in [0.717, 1.165) is 4.31 Å². The number of para-hydroxylation sites is 1. The number of hydrazone groups is 1. The molecule has 0 aliphatic carbocycles. The van der Waals surface area contributed by atoms with Crippen molar-refractivity contribution in [2.75, 3.05) is 36.5 Å². The highest BCUT2D eigenvalue weighted by molar-refractivity contribution is 7.92. The molecule has 0 fully saturated rings. The van der Waals surface area contributed by atoms with Gasteiger partial charge in [0.25, 0.3) is 21.8 Å². The van der Waals surface area contributed by atoms with Crippen LogP contribution in [-0.4, -0.2) is 53.3 Å². The van der Waals surface area contributed by atoms with Crippen LogP contribution in [0.2, 0.25) is 0 Å². The number of carbonyl (C=O) groups excluding carboxylic acids is 2. The van der Waals surface area contributed by atoms with Gasteiger partial charge in [-0.05, 0) is 97.4 Å². The zero-order chi connectivity index (χ0) is 31.4. The third kappa shape index (κ3) is 8.82. The number of nitrogens with zero attached hydrogens (tertiary/aromatic N) is 2. The molecule has 0 heterocycles. The molecule has 0 aliphatic heterocycles. The van der Waals surface area contributed by atoms with Gasteiger partial charge in [-0.3, -0.25) is 13.9 Å². The zero-order valence-electron chi connectivity index (χ0n) is 24.2. The minimum absolute atomic E-state index is 0.0154. The molecule has 12 heteroatoms. The van der Waals surface area contributed by atoms with Crippen molar-refractivity contribution in [3.8, 4) is 17.2 Å². The molecule has 4 rings (SSSR count). The Balaban J connectivity index is 1.32. The van der Waals surface area contributed by atoms with E-state index < -0.39 is 22.5 Å². The monoisotopic (exact) mass is 616 g/mol. The van der Waals surface area contributed by atoms with Crippen LogP contribution in [0.3, 0.4) is 0 Å². The quantitative estimate of drug-likeness (QED) is 0.158. The average Bonchev–Trinajstić information content (AvgIpc) is 3.04. The molecule has 228 valence electrons. The Labute approximate surface area is 256 Å². The molecule has 0 aromatic heterocycles. The van der Waals surface area contributed by atoms with E-state index in [1.54, 1.807) is 98.1 Å². The van der Waals surface area contributed by atoms with Crippen molar-refractivity contribution >= 4 is 39.4 Å². The highest BCUT2D eigenvalue weighted by Gasteiger charge is 2.27. The van der Waals surface area contributed by atoms with Gasteiger partial charge in [-0.25, -0.2) is 13.8 Å². The second kappa shape index (κ2) is 15.2. The first-order chi connectivity index (χ1) is 21.3. The average molecular weight is 617 g/mol. The summed E-state index contributed by atoms with van der Waals surface area (Å²) < 4.78 is 44.1. The summed E-state index contributed by atoms with van der Waals surface area (Å²) in [5.74, 6) is 0.735. The first-order valence-corrected chi connectivity index (χ1v) is 15.0. The Bertz CT molecular complexity index is 1660. The maximum Gasteiger partial charge on any atom is 0.264 e. The van der Waals surface area contributed by atoms with Gasteiger partial charge < -0.3 is 19.5 Å². The maximum atomic E-state index is 13.5. The lowest BCUT2D eigenvalue weighted by Crippen LogP contribution is -2.39. The lowest BCUT2D eigenvalue weighted by molar-refractivity contribution is -0.119. The summed E-state index contributed by atoms with van der Waals surface area (Å²) in [5.41, 5.74) is 3.97. The van der Waals surface area contributed by atoms with Crippen molar-refractivity contribution in [3.05, 3.63) is 109 Å². The molecular formula is C32H32N4O7S. The summed E-state index contributed by atoms with van der Waals surface area (Å²) in [6.07, 6.45) is 1.41. The van der Waals surface area contributed by atoms with Gasteiger partial charge in [-0.1, -0.05) is 18.2 Å². The van der Waals surface area contributed by atoms with Gasteiger partial charge in [0.1, 0.15) is 23.8 Å². The molecule has 0 saturated carbocycles. The van der Waals surface area contributed by atoms with Crippen molar-refractivity contribution in [2.24, 2.45) is 5.10 Å². The topological polar surface area (TPSA) is 136 Å². The van der Waals surface area contributed by atoms with Gasteiger partial charge in [0, 0.05) is 5.69 Å². The number of anilines is 2. The molecule has 0 aliphatic rings. The van der Waals surface area contributed by atoms with Gasteiger partial charge in [-0.2, -0.15) is 5.10 Å². The van der Waals surface area contributed by atoms with E-state index in [2.05, 4.69) is 15.8 Å². The highest BCUT2D eigenvalue weighted by Crippen LogP contribution is 2.25. The minimum atomic E-state index is -4.08. The van der Waals surface area contributed by atoms with Gasteiger partial charge >= 0.3 is 0 Å². The number of rotatable bonds is 14. The lowest BCUT2D eigenvalue weighted by atomic mass is 10.2. The molecular weight excluding hydrogens is 584 g/mol. The van der Waals surface area contributed by atoms with E-state index in [9.17, 15) is 18.0 Å². The summed E-state index contributed by atoms with van der Waals surface area (Å²) in [7, 11) is -2.51. The van der Waals surface area contributed by atoms with Crippen molar-refractivity contribution < 1.29 is 32.2 Å². The first kappa shape index (κ1) is 31.6. The van der Waals surface area contributed by atoms with Gasteiger partial charge in [0.05, 0.1) is 30.5 Å². The van der Waals surface area contributed by atoms with E-state index >= 15 is 0 Å². The van der Waals surface area contributed by atoms with Crippen LogP contribution in [0.15, 0.2) is 113 Å². The van der Waals surface area contributed by atoms with Crippen LogP contribution in [-0.2, 0) is 19.6 Å². The molecule has 0 unspecified atom stereocenters. The fourth-order valence-electron chi connectivity index (χ4n) is 3.93. The van der Waals surface area contributed by atoms with Gasteiger partial charge in [-0.15, -0.1) is 0 Å². The van der Waals surface area contributed by atoms with Crippen LogP contribution in [0, 0.1) is 0 Å². The third-order valence-electron chi connectivity index (χ3n) is 6.08. The number of amides is 2. The molecule has 44 heavy (non-hydrogen) atoms. The van der Waals surface area contributed by atoms with Crippen molar-refractivity contribution in [1.82, 2.24) is 5.43 Å². The van der Waals surface area contributed by atoms with Crippen molar-refractivity contribution in [3.63, 3.8) is 0 Å². The molecule has 0 spiro atoms. The number of carbonyl (C=O) groups is 2. The largest absolute Gasteiger partial charge is 0.497 e. The van der Waals surface area contributed by atoms with Crippen LogP contribution < -0.4 is 29.3 Å². The van der Waals surface area contributed by atoms with Crippen LogP contribution in [0.4, 0.5) is 11.4 Å². The van der Waals surface area contributed by atoms with Crippen LogP contribution in [0.5, 0.6) is 17.2 Å². The van der Waals surface area contributed by atoms with Gasteiger partial charge in [0.2, 0.25) is 0 Å². The minimum Gasteiger partial charge on any atom is -0.497 e. The highest BCUT2D eigenvalue weighted by atomic mass is 32.2. The van der Waals surface area contributed by atoms with Crippen LogP contribution in [0.1, 0.15) is 12.5 Å². The summed E-state index contributed by atoms with van der Waals surface area (Å²) in [4.78, 5) is 25.0. The fraction of sp³-hybridized carbons (Fsp3) is 0.156. The molecule has 11 nitrogen and oxygen atoms in total. The fourth-order valence-corrected chi connectivity index (χ4v) is 5.35. The molecule has 2 amide bonds. The Morgan fingerprint density at radius 1 is 0.795 bits per heavy atom. The van der Waals surface area contributed by atoms with E-state index in [1.165, 1.54) is 18.3 Å². The normalized spacial score (nSPS) is 11.0. The van der Waals surface area contributed by atoms with Crippen LogP contribution >= 0.6 is 0 Å². The number of methoxy groups -OCH3 is 1. The molecule has 0 bridgehead atoms. The Morgan fingerprint density at radius 2 is 1.41 bits per heavy atom. The zero-order valence-corrected chi connectivity index (χ0v) is 25.0. The third-order valence-corrected chi connectivity index (χ3v) is 7.87. The standard InChI is InChI=1S/C32H32N4O7S/c1-3-42-28-17-19-30(20-18-28)44(39,40)36(26-7-5-4-6-8-26)22-31(37)35-33-21-24-9-13-29(14-10-24)43-23-32(38)34-25-11-15-27(41-2)16-12-25/h4-21H,3,22-23H2,1-2H3,(H,34,38)(H,35,37)/b33-21+. The van der Waals surface area contributed by atoms with E-state index in [4.69, 9.17) is 14.2 Å². The van der Waals surface area contributed by atoms with Crippen LogP contribution in [0.25, 0.3) is 0 Å². The number of hydrogen-bond acceptors (Lipinski definition) is 8. The second-order valence-electron chi connectivity index (χ2n) is 9.18. The smallest absolute Gasteiger partial charge is 0.264 e.